The quantitative estimate of drug-likeness (QED) is 0.487. The van der Waals surface area contributed by atoms with E-state index in [2.05, 4.69) is 4.74 Å². The van der Waals surface area contributed by atoms with Crippen molar-refractivity contribution in [1.29, 1.82) is 0 Å². The van der Waals surface area contributed by atoms with Gasteiger partial charge in [0.15, 0.2) is 5.41 Å². The molecule has 0 spiro atoms. The number of carboxylic acids is 2. The van der Waals surface area contributed by atoms with Gasteiger partial charge in [0.25, 0.3) is 0 Å². The van der Waals surface area contributed by atoms with Crippen LogP contribution in [0.25, 0.3) is 0 Å². The molecule has 0 aromatic rings. The number of ether oxygens (including phenoxy) is 1. The van der Waals surface area contributed by atoms with E-state index in [1.807, 2.05) is 0 Å². The molecule has 0 amide bonds. The van der Waals surface area contributed by atoms with Gasteiger partial charge in [0.1, 0.15) is 0 Å². The van der Waals surface area contributed by atoms with Crippen molar-refractivity contribution in [2.75, 3.05) is 6.61 Å². The van der Waals surface area contributed by atoms with Crippen molar-refractivity contribution in [3.63, 3.8) is 0 Å². The number of carboxylic acid groups (broad SMARTS) is 2. The van der Waals surface area contributed by atoms with Crippen molar-refractivity contribution in [3.8, 4) is 0 Å². The predicted octanol–water partition coefficient (Wildman–Crippen LogP) is 0.115. The summed E-state index contributed by atoms with van der Waals surface area (Å²) in [5.74, 6) is -3.89. The normalized spacial score (nSPS) is 14.1. The van der Waals surface area contributed by atoms with Crippen LogP contribution in [0.15, 0.2) is 0 Å². The van der Waals surface area contributed by atoms with E-state index in [0.29, 0.717) is 0 Å². The monoisotopic (exact) mass is 204 g/mol. The Bertz CT molecular complexity index is 259. The average molecular weight is 204 g/mol. The summed E-state index contributed by atoms with van der Waals surface area (Å²) in [4.78, 5) is 32.2. The Morgan fingerprint density at radius 3 is 2.07 bits per heavy atom. The topological polar surface area (TPSA) is 101 Å². The first kappa shape index (κ1) is 12.4. The van der Waals surface area contributed by atoms with E-state index in [-0.39, 0.29) is 6.61 Å². The zero-order chi connectivity index (χ0) is 11.4. The first-order valence-electron chi connectivity index (χ1n) is 3.97. The van der Waals surface area contributed by atoms with Crippen LogP contribution >= 0.6 is 0 Å². The minimum atomic E-state index is -2.01. The zero-order valence-electron chi connectivity index (χ0n) is 7.94. The lowest BCUT2D eigenvalue weighted by atomic mass is 9.87. The lowest BCUT2D eigenvalue weighted by Crippen LogP contribution is -2.39. The lowest BCUT2D eigenvalue weighted by Gasteiger charge is -2.19. The summed E-state index contributed by atoms with van der Waals surface area (Å²) >= 11 is 0. The fourth-order valence-electron chi connectivity index (χ4n) is 0.828. The third-order valence-corrected chi connectivity index (χ3v) is 1.70. The maximum absolute atomic E-state index is 11.2. The lowest BCUT2D eigenvalue weighted by molar-refractivity contribution is -0.171. The van der Waals surface area contributed by atoms with Crippen molar-refractivity contribution in [3.05, 3.63) is 0 Å². The van der Waals surface area contributed by atoms with E-state index in [1.54, 1.807) is 0 Å². The van der Waals surface area contributed by atoms with Gasteiger partial charge in [-0.05, 0) is 13.8 Å². The zero-order valence-corrected chi connectivity index (χ0v) is 7.94. The molecule has 0 fully saturated rings. The Hall–Kier alpha value is -1.59. The molecular formula is C8H12O6. The SMILES string of the molecule is CCOC(=O)C(C)(CC(=O)O)C(=O)O. The fraction of sp³-hybridized carbons (Fsp3) is 0.625. The van der Waals surface area contributed by atoms with Crippen molar-refractivity contribution in [2.45, 2.75) is 20.3 Å². The summed E-state index contributed by atoms with van der Waals surface area (Å²) < 4.78 is 4.49. The Labute approximate surface area is 80.5 Å². The molecule has 1 atom stereocenters. The molecule has 0 aromatic carbocycles. The van der Waals surface area contributed by atoms with Gasteiger partial charge in [-0.25, -0.2) is 0 Å². The smallest absolute Gasteiger partial charge is 0.323 e. The fourth-order valence-corrected chi connectivity index (χ4v) is 0.828. The summed E-state index contributed by atoms with van der Waals surface area (Å²) in [7, 11) is 0. The predicted molar refractivity (Wildman–Crippen MR) is 44.6 cm³/mol. The van der Waals surface area contributed by atoms with E-state index in [1.165, 1.54) is 6.92 Å². The minimum absolute atomic E-state index is 0.0152. The summed E-state index contributed by atoms with van der Waals surface area (Å²) in [6.45, 7) is 2.56. The highest BCUT2D eigenvalue weighted by Crippen LogP contribution is 2.23. The van der Waals surface area contributed by atoms with Gasteiger partial charge in [0.2, 0.25) is 0 Å². The molecule has 1 unspecified atom stereocenters. The van der Waals surface area contributed by atoms with Crippen molar-refractivity contribution >= 4 is 17.9 Å². The Morgan fingerprint density at radius 1 is 1.29 bits per heavy atom. The van der Waals surface area contributed by atoms with E-state index in [0.717, 1.165) is 6.92 Å². The molecule has 6 heteroatoms. The van der Waals surface area contributed by atoms with E-state index in [4.69, 9.17) is 10.2 Å². The number of rotatable bonds is 5. The van der Waals surface area contributed by atoms with Crippen LogP contribution in [0.2, 0.25) is 0 Å². The highest BCUT2D eigenvalue weighted by molar-refractivity contribution is 6.01. The van der Waals surface area contributed by atoms with E-state index >= 15 is 0 Å². The van der Waals surface area contributed by atoms with Crippen LogP contribution < -0.4 is 0 Å². The van der Waals surface area contributed by atoms with Gasteiger partial charge >= 0.3 is 17.9 Å². The van der Waals surface area contributed by atoms with Gasteiger partial charge in [-0.3, -0.25) is 14.4 Å². The third-order valence-electron chi connectivity index (χ3n) is 1.70. The molecule has 0 rings (SSSR count). The number of esters is 1. The van der Waals surface area contributed by atoms with Crippen LogP contribution in [0.3, 0.4) is 0 Å². The highest BCUT2D eigenvalue weighted by Gasteiger charge is 2.44. The Balaban J connectivity index is 4.80. The van der Waals surface area contributed by atoms with E-state index < -0.39 is 29.7 Å². The average Bonchev–Trinajstić information content (AvgIpc) is 2.02. The van der Waals surface area contributed by atoms with Crippen LogP contribution in [0.4, 0.5) is 0 Å². The minimum Gasteiger partial charge on any atom is -0.481 e. The molecule has 2 N–H and O–H groups in total. The number of aliphatic carboxylic acids is 2. The second-order valence-corrected chi connectivity index (χ2v) is 2.93. The summed E-state index contributed by atoms with van der Waals surface area (Å²) in [6, 6.07) is 0. The standard InChI is InChI=1S/C8H12O6/c1-3-14-7(13)8(2,6(11)12)4-5(9)10/h3-4H2,1-2H3,(H,9,10)(H,11,12). The Kier molecular flexibility index (Phi) is 4.07. The number of hydrogen-bond acceptors (Lipinski definition) is 4. The van der Waals surface area contributed by atoms with Gasteiger partial charge in [-0.1, -0.05) is 0 Å². The van der Waals surface area contributed by atoms with Gasteiger partial charge in [-0.15, -0.1) is 0 Å². The maximum atomic E-state index is 11.2. The van der Waals surface area contributed by atoms with Crippen LogP contribution in [0.5, 0.6) is 0 Å². The molecule has 0 aliphatic heterocycles. The van der Waals surface area contributed by atoms with Crippen LogP contribution in [0.1, 0.15) is 20.3 Å². The summed E-state index contributed by atoms with van der Waals surface area (Å²) in [6.07, 6.45) is -0.791. The van der Waals surface area contributed by atoms with Gasteiger partial charge < -0.3 is 14.9 Å². The molecular weight excluding hydrogens is 192 g/mol. The van der Waals surface area contributed by atoms with Crippen LogP contribution in [-0.2, 0) is 19.1 Å². The molecule has 0 bridgehead atoms. The molecule has 0 radical (unpaired) electrons. The molecule has 80 valence electrons. The van der Waals surface area contributed by atoms with Gasteiger partial charge in [-0.2, -0.15) is 0 Å². The molecule has 14 heavy (non-hydrogen) atoms. The number of carbonyl (C=O) groups is 3. The second kappa shape index (κ2) is 4.59. The highest BCUT2D eigenvalue weighted by atomic mass is 16.5. The largest absolute Gasteiger partial charge is 0.481 e. The first-order valence-corrected chi connectivity index (χ1v) is 3.97. The molecule has 0 saturated carbocycles. The summed E-state index contributed by atoms with van der Waals surface area (Å²) in [5, 5.41) is 17.2. The third kappa shape index (κ3) is 2.72. The molecule has 0 heterocycles. The van der Waals surface area contributed by atoms with Gasteiger partial charge in [0, 0.05) is 0 Å². The number of carbonyl (C=O) groups excluding carboxylic acids is 1. The molecule has 0 saturated heterocycles. The molecule has 0 aliphatic rings. The molecule has 0 aliphatic carbocycles. The molecule has 6 nitrogen and oxygen atoms in total. The van der Waals surface area contributed by atoms with Crippen molar-refractivity contribution < 1.29 is 29.3 Å². The number of hydrogen-bond donors (Lipinski definition) is 2. The molecule has 0 aromatic heterocycles. The van der Waals surface area contributed by atoms with Crippen molar-refractivity contribution in [1.82, 2.24) is 0 Å². The van der Waals surface area contributed by atoms with Crippen LogP contribution in [0, 0.1) is 5.41 Å². The van der Waals surface area contributed by atoms with E-state index in [9.17, 15) is 14.4 Å². The second-order valence-electron chi connectivity index (χ2n) is 2.93. The van der Waals surface area contributed by atoms with Gasteiger partial charge in [0.05, 0.1) is 13.0 Å². The van der Waals surface area contributed by atoms with Crippen LogP contribution in [-0.4, -0.2) is 34.7 Å². The maximum Gasteiger partial charge on any atom is 0.323 e. The van der Waals surface area contributed by atoms with Crippen molar-refractivity contribution in [2.24, 2.45) is 5.41 Å². The summed E-state index contributed by atoms with van der Waals surface area (Å²) in [5.41, 5.74) is -2.01. The Morgan fingerprint density at radius 2 is 1.79 bits per heavy atom. The first-order chi connectivity index (χ1) is 6.34.